The van der Waals surface area contributed by atoms with E-state index in [1.165, 1.54) is 0 Å². The lowest BCUT2D eigenvalue weighted by Crippen LogP contribution is -2.34. The molecule has 2 heteroatoms. The van der Waals surface area contributed by atoms with Gasteiger partial charge in [0.15, 0.2) is 5.60 Å². The van der Waals surface area contributed by atoms with Gasteiger partial charge in [0.1, 0.15) is 5.41 Å². The highest BCUT2D eigenvalue weighted by Gasteiger charge is 2.60. The molecule has 1 atom stereocenters. The Labute approximate surface area is 89.2 Å². The van der Waals surface area contributed by atoms with Crippen LogP contribution in [0, 0.1) is 29.1 Å². The zero-order valence-corrected chi connectivity index (χ0v) is 8.27. The van der Waals surface area contributed by atoms with Gasteiger partial charge in [-0.2, -0.15) is 5.26 Å². The zero-order chi connectivity index (χ0) is 10.9. The van der Waals surface area contributed by atoms with Gasteiger partial charge in [0, 0.05) is 0 Å². The number of hydrogen-bond donors (Lipinski definition) is 1. The molecule has 0 radical (unpaired) electrons. The second-order valence-electron chi connectivity index (χ2n) is 3.91. The van der Waals surface area contributed by atoms with Gasteiger partial charge in [-0.25, -0.2) is 0 Å². The number of rotatable bonds is 2. The second-order valence-corrected chi connectivity index (χ2v) is 3.91. The lowest BCUT2D eigenvalue weighted by Gasteiger charge is -2.27. The van der Waals surface area contributed by atoms with Crippen LogP contribution in [0.2, 0.25) is 0 Å². The Balaban J connectivity index is 2.50. The van der Waals surface area contributed by atoms with Gasteiger partial charge >= 0.3 is 0 Å². The average Bonchev–Trinajstić information content (AvgIpc) is 3.10. The third-order valence-corrected chi connectivity index (χ3v) is 3.06. The number of aliphatic hydroxyl groups is 1. The summed E-state index contributed by atoms with van der Waals surface area (Å²) in [5.74, 6) is 2.38. The van der Waals surface area contributed by atoms with Crippen LogP contribution in [0.5, 0.6) is 0 Å². The van der Waals surface area contributed by atoms with Crippen molar-refractivity contribution >= 4 is 0 Å². The molecule has 74 valence electrons. The van der Waals surface area contributed by atoms with E-state index in [0.717, 1.165) is 0 Å². The Morgan fingerprint density at radius 3 is 2.33 bits per heavy atom. The maximum atomic E-state index is 10.4. The van der Waals surface area contributed by atoms with E-state index in [0.29, 0.717) is 18.4 Å². The van der Waals surface area contributed by atoms with Gasteiger partial charge in [-0.15, -0.1) is 6.42 Å². The fraction of sp³-hybridized carbons (Fsp3) is 0.308. The summed E-state index contributed by atoms with van der Waals surface area (Å²) in [6.07, 6.45) is 6.72. The third kappa shape index (κ3) is 1.23. The quantitative estimate of drug-likeness (QED) is 0.735. The van der Waals surface area contributed by atoms with Gasteiger partial charge in [0.25, 0.3) is 0 Å². The molecule has 0 heterocycles. The van der Waals surface area contributed by atoms with Crippen LogP contribution in [-0.2, 0) is 5.60 Å². The van der Waals surface area contributed by atoms with E-state index >= 15 is 0 Å². The standard InChI is InChI=1S/C13H11NO/c1-2-13(15,12(10-14)8-9-12)11-6-4-3-5-7-11/h1,3-7,15H,8-9H2/t13-/m0/s1. The van der Waals surface area contributed by atoms with Gasteiger partial charge in [0.05, 0.1) is 6.07 Å². The summed E-state index contributed by atoms with van der Waals surface area (Å²) in [7, 11) is 0. The van der Waals surface area contributed by atoms with Crippen molar-refractivity contribution in [3.05, 3.63) is 35.9 Å². The highest BCUT2D eigenvalue weighted by Crippen LogP contribution is 2.57. The molecule has 1 aromatic carbocycles. The van der Waals surface area contributed by atoms with E-state index in [1.54, 1.807) is 12.1 Å². The predicted octanol–water partition coefficient (Wildman–Crippen LogP) is 1.81. The van der Waals surface area contributed by atoms with Crippen molar-refractivity contribution in [2.45, 2.75) is 18.4 Å². The van der Waals surface area contributed by atoms with Crippen molar-refractivity contribution in [2.24, 2.45) is 5.41 Å². The monoisotopic (exact) mass is 197 g/mol. The first-order valence-electron chi connectivity index (χ1n) is 4.85. The van der Waals surface area contributed by atoms with Crippen molar-refractivity contribution in [3.8, 4) is 18.4 Å². The van der Waals surface area contributed by atoms with E-state index in [9.17, 15) is 5.11 Å². The Bertz CT molecular complexity index is 448. The van der Waals surface area contributed by atoms with E-state index in [4.69, 9.17) is 11.7 Å². The fourth-order valence-electron chi connectivity index (χ4n) is 1.86. The van der Waals surface area contributed by atoms with E-state index in [1.807, 2.05) is 18.2 Å². The maximum absolute atomic E-state index is 10.4. The van der Waals surface area contributed by atoms with Gasteiger partial charge in [-0.05, 0) is 18.4 Å². The molecular formula is C13H11NO. The molecule has 1 saturated carbocycles. The van der Waals surface area contributed by atoms with Gasteiger partial charge in [-0.1, -0.05) is 36.3 Å². The summed E-state index contributed by atoms with van der Waals surface area (Å²) in [6.45, 7) is 0. The van der Waals surface area contributed by atoms with E-state index < -0.39 is 11.0 Å². The molecule has 0 amide bonds. The predicted molar refractivity (Wildman–Crippen MR) is 56.5 cm³/mol. The molecule has 0 aliphatic heterocycles. The highest BCUT2D eigenvalue weighted by molar-refractivity contribution is 5.40. The molecule has 1 N–H and O–H groups in total. The van der Waals surface area contributed by atoms with Crippen LogP contribution < -0.4 is 0 Å². The fourth-order valence-corrected chi connectivity index (χ4v) is 1.86. The molecule has 0 spiro atoms. The van der Waals surface area contributed by atoms with Crippen LogP contribution >= 0.6 is 0 Å². The van der Waals surface area contributed by atoms with Crippen molar-refractivity contribution < 1.29 is 5.11 Å². The number of terminal acetylenes is 1. The number of nitrogens with zero attached hydrogens (tertiary/aromatic N) is 1. The minimum Gasteiger partial charge on any atom is -0.372 e. The van der Waals surface area contributed by atoms with Crippen LogP contribution in [-0.4, -0.2) is 5.11 Å². The van der Waals surface area contributed by atoms with Gasteiger partial charge in [0.2, 0.25) is 0 Å². The summed E-state index contributed by atoms with van der Waals surface area (Å²) in [6, 6.07) is 11.1. The van der Waals surface area contributed by atoms with Crippen LogP contribution in [0.3, 0.4) is 0 Å². The summed E-state index contributed by atoms with van der Waals surface area (Å²) in [5, 5.41) is 19.5. The molecule has 1 aromatic rings. The first-order valence-corrected chi connectivity index (χ1v) is 4.85. The van der Waals surface area contributed by atoms with Crippen LogP contribution in [0.4, 0.5) is 0 Å². The normalized spacial score (nSPS) is 20.7. The second kappa shape index (κ2) is 3.12. The summed E-state index contributed by atoms with van der Waals surface area (Å²) >= 11 is 0. The number of benzene rings is 1. The van der Waals surface area contributed by atoms with Crippen molar-refractivity contribution in [1.82, 2.24) is 0 Å². The molecule has 0 bridgehead atoms. The SMILES string of the molecule is C#C[C@](O)(c1ccccc1)C1(C#N)CC1. The highest BCUT2D eigenvalue weighted by atomic mass is 16.3. The van der Waals surface area contributed by atoms with E-state index in [-0.39, 0.29) is 0 Å². The van der Waals surface area contributed by atoms with Crippen molar-refractivity contribution in [1.29, 1.82) is 5.26 Å². The van der Waals surface area contributed by atoms with Gasteiger partial charge in [-0.3, -0.25) is 0 Å². The topological polar surface area (TPSA) is 44.0 Å². The molecule has 2 rings (SSSR count). The summed E-state index contributed by atoms with van der Waals surface area (Å²) in [4.78, 5) is 0. The van der Waals surface area contributed by atoms with Crippen molar-refractivity contribution in [3.63, 3.8) is 0 Å². The average molecular weight is 197 g/mol. The smallest absolute Gasteiger partial charge is 0.169 e. The molecule has 0 unspecified atom stereocenters. The van der Waals surface area contributed by atoms with Crippen LogP contribution in [0.25, 0.3) is 0 Å². The molecule has 0 saturated heterocycles. The molecular weight excluding hydrogens is 186 g/mol. The lowest BCUT2D eigenvalue weighted by atomic mass is 9.80. The first-order chi connectivity index (χ1) is 7.18. The Morgan fingerprint density at radius 1 is 1.33 bits per heavy atom. The summed E-state index contributed by atoms with van der Waals surface area (Å²) in [5.41, 5.74) is -1.59. The summed E-state index contributed by atoms with van der Waals surface area (Å²) < 4.78 is 0. The lowest BCUT2D eigenvalue weighted by molar-refractivity contribution is 0.0458. The Morgan fingerprint density at radius 2 is 1.93 bits per heavy atom. The minimum absolute atomic E-state index is 0.631. The molecule has 1 fully saturated rings. The first kappa shape index (κ1) is 9.77. The van der Waals surface area contributed by atoms with Crippen LogP contribution in [0.1, 0.15) is 18.4 Å². The molecule has 1 aliphatic carbocycles. The largest absolute Gasteiger partial charge is 0.372 e. The number of nitriles is 1. The third-order valence-electron chi connectivity index (χ3n) is 3.06. The Hall–Kier alpha value is -1.77. The molecule has 1 aliphatic rings. The Kier molecular flexibility index (Phi) is 2.03. The number of hydrogen-bond acceptors (Lipinski definition) is 2. The molecule has 15 heavy (non-hydrogen) atoms. The minimum atomic E-state index is -1.44. The van der Waals surface area contributed by atoms with Crippen LogP contribution in [0.15, 0.2) is 30.3 Å². The molecule has 2 nitrogen and oxygen atoms in total. The zero-order valence-electron chi connectivity index (χ0n) is 8.27. The van der Waals surface area contributed by atoms with Crippen molar-refractivity contribution in [2.75, 3.05) is 0 Å². The van der Waals surface area contributed by atoms with E-state index in [2.05, 4.69) is 12.0 Å². The van der Waals surface area contributed by atoms with Gasteiger partial charge < -0.3 is 5.11 Å². The molecule has 0 aromatic heterocycles. The maximum Gasteiger partial charge on any atom is 0.169 e.